The molecule has 1 saturated heterocycles. The third-order valence-electron chi connectivity index (χ3n) is 3.90. The minimum atomic E-state index is -3.33. The molecule has 4 nitrogen and oxygen atoms in total. The Labute approximate surface area is 114 Å². The van der Waals surface area contributed by atoms with E-state index in [0.29, 0.717) is 24.6 Å². The van der Waals surface area contributed by atoms with Crippen molar-refractivity contribution in [3.63, 3.8) is 0 Å². The minimum absolute atomic E-state index is 0.427. The maximum Gasteiger partial charge on any atom is 0.243 e. The number of piperidine rings is 1. The van der Waals surface area contributed by atoms with Crippen LogP contribution in [0.2, 0.25) is 0 Å². The molecule has 19 heavy (non-hydrogen) atoms. The Balaban J connectivity index is 1.99. The van der Waals surface area contributed by atoms with Crippen molar-refractivity contribution in [3.05, 3.63) is 23.3 Å². The van der Waals surface area contributed by atoms with Crippen LogP contribution in [0.1, 0.15) is 30.4 Å². The van der Waals surface area contributed by atoms with Gasteiger partial charge in [0.15, 0.2) is 0 Å². The van der Waals surface area contributed by atoms with Crippen LogP contribution in [0, 0.1) is 6.92 Å². The zero-order valence-corrected chi connectivity index (χ0v) is 12.0. The first-order chi connectivity index (χ1) is 9.09. The molecule has 5 heteroatoms. The molecule has 0 spiro atoms. The summed E-state index contributed by atoms with van der Waals surface area (Å²) in [5.41, 5.74) is 1.95. The highest BCUT2D eigenvalue weighted by atomic mass is 32.2. The second kappa shape index (κ2) is 4.80. The van der Waals surface area contributed by atoms with Gasteiger partial charge in [-0.25, -0.2) is 8.42 Å². The SMILES string of the molecule is Cc1cc(S(=O)(=O)N2CCCCC2)cc2c1OCC2. The lowest BCUT2D eigenvalue weighted by Crippen LogP contribution is -2.35. The second-order valence-electron chi connectivity index (χ2n) is 5.29. The number of hydrogen-bond donors (Lipinski definition) is 0. The van der Waals surface area contributed by atoms with Gasteiger partial charge in [-0.05, 0) is 43.0 Å². The molecule has 0 aliphatic carbocycles. The normalized spacial score (nSPS) is 20.1. The predicted octanol–water partition coefficient (Wildman–Crippen LogP) is 2.10. The number of hydrogen-bond acceptors (Lipinski definition) is 3. The van der Waals surface area contributed by atoms with E-state index < -0.39 is 10.0 Å². The zero-order valence-electron chi connectivity index (χ0n) is 11.2. The Morgan fingerprint density at radius 1 is 1.16 bits per heavy atom. The number of ether oxygens (including phenoxy) is 1. The van der Waals surface area contributed by atoms with E-state index in [1.54, 1.807) is 16.4 Å². The smallest absolute Gasteiger partial charge is 0.243 e. The van der Waals surface area contributed by atoms with E-state index in [9.17, 15) is 8.42 Å². The maximum absolute atomic E-state index is 12.6. The van der Waals surface area contributed by atoms with Crippen molar-refractivity contribution in [1.29, 1.82) is 0 Å². The van der Waals surface area contributed by atoms with Crippen LogP contribution in [-0.2, 0) is 16.4 Å². The molecule has 0 amide bonds. The molecule has 1 fully saturated rings. The first-order valence-electron chi connectivity index (χ1n) is 6.85. The van der Waals surface area contributed by atoms with E-state index in [1.165, 1.54) is 0 Å². The molecule has 1 aromatic carbocycles. The van der Waals surface area contributed by atoms with E-state index in [2.05, 4.69) is 0 Å². The van der Waals surface area contributed by atoms with Crippen molar-refractivity contribution in [2.75, 3.05) is 19.7 Å². The van der Waals surface area contributed by atoms with Crippen LogP contribution in [0.4, 0.5) is 0 Å². The molecule has 0 atom stereocenters. The summed E-state index contributed by atoms with van der Waals surface area (Å²) in [5.74, 6) is 0.873. The summed E-state index contributed by atoms with van der Waals surface area (Å²) in [6.45, 7) is 3.87. The van der Waals surface area contributed by atoms with Gasteiger partial charge in [0.2, 0.25) is 10.0 Å². The first-order valence-corrected chi connectivity index (χ1v) is 8.29. The van der Waals surface area contributed by atoms with Crippen molar-refractivity contribution in [1.82, 2.24) is 4.31 Å². The summed E-state index contributed by atoms with van der Waals surface area (Å²) in [6, 6.07) is 3.54. The van der Waals surface area contributed by atoms with Gasteiger partial charge in [0.1, 0.15) is 5.75 Å². The average Bonchev–Trinajstić information content (AvgIpc) is 2.88. The van der Waals surface area contributed by atoms with Crippen LogP contribution in [-0.4, -0.2) is 32.4 Å². The molecule has 0 aromatic heterocycles. The lowest BCUT2D eigenvalue weighted by molar-refractivity contribution is 0.346. The number of sulfonamides is 1. The molecule has 0 N–H and O–H groups in total. The molecule has 0 bridgehead atoms. The maximum atomic E-state index is 12.6. The first kappa shape index (κ1) is 12.9. The highest BCUT2D eigenvalue weighted by molar-refractivity contribution is 7.89. The van der Waals surface area contributed by atoms with Crippen LogP contribution in [0.5, 0.6) is 5.75 Å². The van der Waals surface area contributed by atoms with Gasteiger partial charge in [-0.15, -0.1) is 0 Å². The molecule has 3 rings (SSSR count). The van der Waals surface area contributed by atoms with Gasteiger partial charge < -0.3 is 4.74 Å². The molecule has 0 unspecified atom stereocenters. The molecule has 104 valence electrons. The monoisotopic (exact) mass is 281 g/mol. The molecule has 0 radical (unpaired) electrons. The Morgan fingerprint density at radius 2 is 1.89 bits per heavy atom. The molecular weight excluding hydrogens is 262 g/mol. The van der Waals surface area contributed by atoms with Crippen molar-refractivity contribution >= 4 is 10.0 Å². The van der Waals surface area contributed by atoms with Gasteiger partial charge in [0, 0.05) is 19.5 Å². The molecule has 1 aromatic rings. The summed E-state index contributed by atoms with van der Waals surface area (Å²) in [4.78, 5) is 0.427. The van der Waals surface area contributed by atoms with Gasteiger partial charge in [-0.3, -0.25) is 0 Å². The minimum Gasteiger partial charge on any atom is -0.493 e. The summed E-state index contributed by atoms with van der Waals surface area (Å²) in [5, 5.41) is 0. The fraction of sp³-hybridized carbons (Fsp3) is 0.571. The van der Waals surface area contributed by atoms with Crippen LogP contribution in [0.15, 0.2) is 17.0 Å². The van der Waals surface area contributed by atoms with E-state index in [1.807, 2.05) is 6.92 Å². The predicted molar refractivity (Wildman–Crippen MR) is 73.0 cm³/mol. The van der Waals surface area contributed by atoms with Gasteiger partial charge in [-0.1, -0.05) is 6.42 Å². The quantitative estimate of drug-likeness (QED) is 0.834. The molecule has 2 aliphatic rings. The Bertz CT molecular complexity index is 589. The van der Waals surface area contributed by atoms with Crippen molar-refractivity contribution in [3.8, 4) is 5.75 Å². The fourth-order valence-electron chi connectivity index (χ4n) is 2.87. The number of benzene rings is 1. The highest BCUT2D eigenvalue weighted by Gasteiger charge is 2.28. The Morgan fingerprint density at radius 3 is 2.63 bits per heavy atom. The number of rotatable bonds is 2. The lowest BCUT2D eigenvalue weighted by atomic mass is 10.1. The largest absolute Gasteiger partial charge is 0.493 e. The summed E-state index contributed by atoms with van der Waals surface area (Å²) >= 11 is 0. The highest BCUT2D eigenvalue weighted by Crippen LogP contribution is 2.33. The van der Waals surface area contributed by atoms with Crippen molar-refractivity contribution < 1.29 is 13.2 Å². The molecule has 2 aliphatic heterocycles. The van der Waals surface area contributed by atoms with E-state index >= 15 is 0 Å². The van der Waals surface area contributed by atoms with Crippen molar-refractivity contribution in [2.24, 2.45) is 0 Å². The van der Waals surface area contributed by atoms with Gasteiger partial charge in [0.05, 0.1) is 11.5 Å². The average molecular weight is 281 g/mol. The van der Waals surface area contributed by atoms with Crippen LogP contribution in [0.25, 0.3) is 0 Å². The van der Waals surface area contributed by atoms with Gasteiger partial charge in [0.25, 0.3) is 0 Å². The summed E-state index contributed by atoms with van der Waals surface area (Å²) in [6.07, 6.45) is 3.86. The lowest BCUT2D eigenvalue weighted by Gasteiger charge is -2.26. The van der Waals surface area contributed by atoms with E-state index in [4.69, 9.17) is 4.74 Å². The van der Waals surface area contributed by atoms with Crippen molar-refractivity contribution in [2.45, 2.75) is 37.5 Å². The third kappa shape index (κ3) is 2.25. The summed E-state index contributed by atoms with van der Waals surface area (Å²) in [7, 11) is -3.33. The van der Waals surface area contributed by atoms with Gasteiger partial charge >= 0.3 is 0 Å². The van der Waals surface area contributed by atoms with Crippen LogP contribution < -0.4 is 4.74 Å². The zero-order chi connectivity index (χ0) is 13.5. The standard InChI is InChI=1S/C14H19NO3S/c1-11-9-13(10-12-5-8-18-14(11)12)19(16,17)15-6-3-2-4-7-15/h9-10H,2-8H2,1H3. The summed E-state index contributed by atoms with van der Waals surface area (Å²) < 4.78 is 32.4. The fourth-order valence-corrected chi connectivity index (χ4v) is 4.52. The second-order valence-corrected chi connectivity index (χ2v) is 7.23. The van der Waals surface area contributed by atoms with E-state index in [-0.39, 0.29) is 0 Å². The Kier molecular flexibility index (Phi) is 3.27. The number of nitrogens with zero attached hydrogens (tertiary/aromatic N) is 1. The topological polar surface area (TPSA) is 46.6 Å². The number of fused-ring (bicyclic) bond motifs is 1. The van der Waals surface area contributed by atoms with E-state index in [0.717, 1.165) is 42.6 Å². The molecule has 0 saturated carbocycles. The number of aryl methyl sites for hydroxylation is 1. The molecule has 2 heterocycles. The van der Waals surface area contributed by atoms with Gasteiger partial charge in [-0.2, -0.15) is 4.31 Å². The third-order valence-corrected chi connectivity index (χ3v) is 5.77. The Hall–Kier alpha value is -1.07. The van der Waals surface area contributed by atoms with Crippen LogP contribution >= 0.6 is 0 Å². The molecular formula is C14H19NO3S. The van der Waals surface area contributed by atoms with Crippen LogP contribution in [0.3, 0.4) is 0 Å².